The summed E-state index contributed by atoms with van der Waals surface area (Å²) >= 11 is 0. The molecule has 112 valence electrons. The molecule has 1 aliphatic carbocycles. The van der Waals surface area contributed by atoms with Crippen molar-refractivity contribution in [2.75, 3.05) is 23.7 Å². The van der Waals surface area contributed by atoms with Gasteiger partial charge in [0.15, 0.2) is 5.58 Å². The minimum absolute atomic E-state index is 0.616. The molecule has 1 aromatic carbocycles. The number of oxazole rings is 1. The number of anilines is 2. The van der Waals surface area contributed by atoms with Gasteiger partial charge < -0.3 is 15.1 Å². The number of hydrogen-bond acceptors (Lipinski definition) is 4. The predicted octanol–water partition coefficient (Wildman–Crippen LogP) is 3.96. The third-order valence-corrected chi connectivity index (χ3v) is 5.41. The van der Waals surface area contributed by atoms with Gasteiger partial charge in [-0.1, -0.05) is 19.3 Å². The van der Waals surface area contributed by atoms with Gasteiger partial charge in [-0.05, 0) is 43.2 Å². The number of aromatic nitrogens is 1. The van der Waals surface area contributed by atoms with Gasteiger partial charge in [0.2, 0.25) is 0 Å². The van der Waals surface area contributed by atoms with Crippen LogP contribution in [0, 0.1) is 5.41 Å². The van der Waals surface area contributed by atoms with Gasteiger partial charge in [-0.25, -0.2) is 0 Å². The van der Waals surface area contributed by atoms with Crippen LogP contribution in [0.1, 0.15) is 44.9 Å². The monoisotopic (exact) mass is 285 g/mol. The van der Waals surface area contributed by atoms with Crippen LogP contribution >= 0.6 is 0 Å². The number of nitrogen functional groups attached to an aromatic ring is 1. The lowest BCUT2D eigenvalue weighted by Gasteiger charge is -2.43. The topological polar surface area (TPSA) is 55.3 Å². The lowest BCUT2D eigenvalue weighted by Crippen LogP contribution is -2.41. The van der Waals surface area contributed by atoms with Gasteiger partial charge in [-0.2, -0.15) is 4.98 Å². The van der Waals surface area contributed by atoms with Crippen molar-refractivity contribution < 1.29 is 4.42 Å². The summed E-state index contributed by atoms with van der Waals surface area (Å²) in [6.07, 6.45) is 9.68. The Bertz CT molecular complexity index is 633. The SMILES string of the molecule is Nc1ccc2nc(N3CCC4(CCCCC4)CC3)oc2c1. The maximum Gasteiger partial charge on any atom is 0.298 e. The van der Waals surface area contributed by atoms with Gasteiger partial charge in [0.25, 0.3) is 6.01 Å². The quantitative estimate of drug-likeness (QED) is 0.806. The maximum absolute atomic E-state index is 5.90. The number of benzene rings is 1. The van der Waals surface area contributed by atoms with E-state index in [0.717, 1.165) is 35.9 Å². The van der Waals surface area contributed by atoms with Crippen molar-refractivity contribution >= 4 is 22.8 Å². The fraction of sp³-hybridized carbons (Fsp3) is 0.588. The Morgan fingerprint density at radius 2 is 1.81 bits per heavy atom. The van der Waals surface area contributed by atoms with E-state index >= 15 is 0 Å². The highest BCUT2D eigenvalue weighted by Gasteiger charge is 2.36. The summed E-state index contributed by atoms with van der Waals surface area (Å²) in [6.45, 7) is 2.14. The van der Waals surface area contributed by atoms with Crippen LogP contribution in [-0.2, 0) is 0 Å². The van der Waals surface area contributed by atoms with Crippen LogP contribution in [0.15, 0.2) is 22.6 Å². The lowest BCUT2D eigenvalue weighted by atomic mass is 9.68. The van der Waals surface area contributed by atoms with E-state index in [0.29, 0.717) is 5.41 Å². The Balaban J connectivity index is 1.51. The van der Waals surface area contributed by atoms with E-state index < -0.39 is 0 Å². The molecule has 2 fully saturated rings. The fourth-order valence-corrected chi connectivity index (χ4v) is 4.04. The zero-order chi connectivity index (χ0) is 14.3. The van der Waals surface area contributed by atoms with Gasteiger partial charge in [-0.15, -0.1) is 0 Å². The molecule has 2 aliphatic rings. The first kappa shape index (κ1) is 13.0. The number of nitrogens with two attached hydrogens (primary N) is 1. The van der Waals surface area contributed by atoms with Gasteiger partial charge in [0.05, 0.1) is 0 Å². The molecule has 0 atom stereocenters. The molecule has 1 saturated carbocycles. The molecule has 1 saturated heterocycles. The highest BCUT2D eigenvalue weighted by Crippen LogP contribution is 2.45. The molecule has 0 radical (unpaired) electrons. The van der Waals surface area contributed by atoms with Crippen LogP contribution < -0.4 is 10.6 Å². The third-order valence-electron chi connectivity index (χ3n) is 5.41. The second-order valence-corrected chi connectivity index (χ2v) is 6.77. The molecule has 1 spiro atoms. The summed E-state index contributed by atoms with van der Waals surface area (Å²) in [4.78, 5) is 6.92. The maximum atomic E-state index is 5.90. The molecule has 0 bridgehead atoms. The molecule has 2 N–H and O–H groups in total. The Morgan fingerprint density at radius 1 is 1.05 bits per heavy atom. The molecule has 0 unspecified atom stereocenters. The van der Waals surface area contributed by atoms with Crippen molar-refractivity contribution in [1.82, 2.24) is 4.98 Å². The highest BCUT2D eigenvalue weighted by atomic mass is 16.4. The number of rotatable bonds is 1. The zero-order valence-electron chi connectivity index (χ0n) is 12.5. The van der Waals surface area contributed by atoms with Crippen molar-refractivity contribution in [3.63, 3.8) is 0 Å². The van der Waals surface area contributed by atoms with Crippen molar-refractivity contribution in [1.29, 1.82) is 0 Å². The first-order valence-electron chi connectivity index (χ1n) is 8.15. The van der Waals surface area contributed by atoms with Crippen molar-refractivity contribution in [3.8, 4) is 0 Å². The molecule has 1 aromatic heterocycles. The Labute approximate surface area is 125 Å². The van der Waals surface area contributed by atoms with E-state index in [9.17, 15) is 0 Å². The fourth-order valence-electron chi connectivity index (χ4n) is 4.04. The van der Waals surface area contributed by atoms with Gasteiger partial charge in [0, 0.05) is 24.8 Å². The highest BCUT2D eigenvalue weighted by molar-refractivity contribution is 5.78. The van der Waals surface area contributed by atoms with Crippen molar-refractivity contribution in [2.45, 2.75) is 44.9 Å². The third kappa shape index (κ3) is 2.37. The largest absolute Gasteiger partial charge is 0.423 e. The molecular formula is C17H23N3O. The number of hydrogen-bond donors (Lipinski definition) is 1. The van der Waals surface area contributed by atoms with Crippen LogP contribution in [0.5, 0.6) is 0 Å². The molecule has 0 amide bonds. The first-order chi connectivity index (χ1) is 10.2. The second-order valence-electron chi connectivity index (χ2n) is 6.77. The van der Waals surface area contributed by atoms with E-state index in [-0.39, 0.29) is 0 Å². The molecule has 1 aliphatic heterocycles. The van der Waals surface area contributed by atoms with E-state index in [1.165, 1.54) is 44.9 Å². The molecule has 21 heavy (non-hydrogen) atoms. The van der Waals surface area contributed by atoms with Gasteiger partial charge in [-0.3, -0.25) is 0 Å². The molecule has 2 heterocycles. The van der Waals surface area contributed by atoms with E-state index in [2.05, 4.69) is 9.88 Å². The Morgan fingerprint density at radius 3 is 2.57 bits per heavy atom. The number of fused-ring (bicyclic) bond motifs is 1. The summed E-state index contributed by atoms with van der Waals surface area (Å²) < 4.78 is 5.90. The smallest absolute Gasteiger partial charge is 0.298 e. The number of nitrogens with zero attached hydrogens (tertiary/aromatic N) is 2. The standard InChI is InChI=1S/C17H23N3O/c18-13-4-5-14-15(12-13)21-16(19-14)20-10-8-17(9-11-20)6-2-1-3-7-17/h4-5,12H,1-3,6-11,18H2. The summed E-state index contributed by atoms with van der Waals surface area (Å²) in [5, 5.41) is 0. The Kier molecular flexibility index (Phi) is 3.05. The van der Waals surface area contributed by atoms with Crippen LogP contribution in [0.25, 0.3) is 11.1 Å². The van der Waals surface area contributed by atoms with E-state index in [1.807, 2.05) is 18.2 Å². The summed E-state index contributed by atoms with van der Waals surface area (Å²) in [6, 6.07) is 6.44. The average molecular weight is 285 g/mol. The molecule has 4 nitrogen and oxygen atoms in total. The number of piperidine rings is 1. The Hall–Kier alpha value is -1.71. The van der Waals surface area contributed by atoms with Crippen LogP contribution in [-0.4, -0.2) is 18.1 Å². The lowest BCUT2D eigenvalue weighted by molar-refractivity contribution is 0.142. The zero-order valence-corrected chi connectivity index (χ0v) is 12.5. The molecule has 2 aromatic rings. The minimum Gasteiger partial charge on any atom is -0.423 e. The minimum atomic E-state index is 0.616. The summed E-state index contributed by atoms with van der Waals surface area (Å²) in [7, 11) is 0. The van der Waals surface area contributed by atoms with Crippen molar-refractivity contribution in [3.05, 3.63) is 18.2 Å². The van der Waals surface area contributed by atoms with Crippen LogP contribution in [0.4, 0.5) is 11.7 Å². The van der Waals surface area contributed by atoms with Crippen molar-refractivity contribution in [2.24, 2.45) is 5.41 Å². The van der Waals surface area contributed by atoms with Crippen LogP contribution in [0.3, 0.4) is 0 Å². The first-order valence-corrected chi connectivity index (χ1v) is 8.15. The summed E-state index contributed by atoms with van der Waals surface area (Å²) in [5.41, 5.74) is 8.84. The molecule has 4 rings (SSSR count). The normalized spacial score (nSPS) is 22.0. The van der Waals surface area contributed by atoms with E-state index in [4.69, 9.17) is 10.2 Å². The molecule has 4 heteroatoms. The average Bonchev–Trinajstić information content (AvgIpc) is 2.92. The second kappa shape index (κ2) is 4.93. The molecular weight excluding hydrogens is 262 g/mol. The summed E-state index contributed by atoms with van der Waals surface area (Å²) in [5.74, 6) is 0. The van der Waals surface area contributed by atoms with Crippen LogP contribution in [0.2, 0.25) is 0 Å². The van der Waals surface area contributed by atoms with Gasteiger partial charge >= 0.3 is 0 Å². The van der Waals surface area contributed by atoms with Gasteiger partial charge in [0.1, 0.15) is 5.52 Å². The predicted molar refractivity (Wildman–Crippen MR) is 85.4 cm³/mol. The van der Waals surface area contributed by atoms with E-state index in [1.54, 1.807) is 0 Å².